The molecule has 1 rings (SSSR count). The fraction of sp³-hybridized carbons (Fsp3) is 0.455. The van der Waals surface area contributed by atoms with Gasteiger partial charge in [0.05, 0.1) is 11.4 Å². The van der Waals surface area contributed by atoms with Gasteiger partial charge in [0.25, 0.3) is 0 Å². The number of hydrogen-bond donors (Lipinski definition) is 2. The summed E-state index contributed by atoms with van der Waals surface area (Å²) in [5, 5.41) is 2.59. The van der Waals surface area contributed by atoms with Gasteiger partial charge in [-0.1, -0.05) is 0 Å². The number of nitrogens with zero attached hydrogens (tertiary/aromatic N) is 2. The van der Waals surface area contributed by atoms with Crippen molar-refractivity contribution in [3.8, 4) is 0 Å². The third-order valence-electron chi connectivity index (χ3n) is 2.42. The molecule has 1 heterocycles. The van der Waals surface area contributed by atoms with Crippen molar-refractivity contribution in [2.75, 3.05) is 25.5 Å². The molecule has 0 aromatic carbocycles. The molecule has 0 bridgehead atoms. The Morgan fingerprint density at radius 3 is 3.00 bits per heavy atom. The molecule has 0 saturated carbocycles. The molecule has 0 atom stereocenters. The molecule has 0 aliphatic carbocycles. The van der Waals surface area contributed by atoms with Gasteiger partial charge in [-0.25, -0.2) is 0 Å². The Labute approximate surface area is 95.7 Å². The normalized spacial score (nSPS) is 9.94. The van der Waals surface area contributed by atoms with Gasteiger partial charge < -0.3 is 16.0 Å². The number of hydrogen-bond acceptors (Lipinski definition) is 4. The van der Waals surface area contributed by atoms with Crippen LogP contribution in [-0.4, -0.2) is 31.5 Å². The number of carbonyl (C=O) groups is 1. The number of nitrogens with two attached hydrogens (primary N) is 1. The molecule has 1 amide bonds. The van der Waals surface area contributed by atoms with Crippen LogP contribution in [0.5, 0.6) is 0 Å². The van der Waals surface area contributed by atoms with E-state index in [0.717, 1.165) is 11.4 Å². The Kier molecular flexibility index (Phi) is 4.72. The molecule has 5 heteroatoms. The van der Waals surface area contributed by atoms with Gasteiger partial charge in [0.1, 0.15) is 0 Å². The van der Waals surface area contributed by atoms with Crippen LogP contribution in [0, 0.1) is 0 Å². The predicted molar refractivity (Wildman–Crippen MR) is 64.1 cm³/mol. The first-order valence-electron chi connectivity index (χ1n) is 5.24. The first-order chi connectivity index (χ1) is 7.69. The number of pyridine rings is 1. The minimum Gasteiger partial charge on any atom is -0.373 e. The fourth-order valence-electron chi connectivity index (χ4n) is 1.45. The van der Waals surface area contributed by atoms with Gasteiger partial charge in [-0.2, -0.15) is 0 Å². The third kappa shape index (κ3) is 3.20. The van der Waals surface area contributed by atoms with Crippen molar-refractivity contribution in [3.05, 3.63) is 24.0 Å². The molecule has 0 aliphatic heterocycles. The van der Waals surface area contributed by atoms with Crippen molar-refractivity contribution in [3.63, 3.8) is 0 Å². The summed E-state index contributed by atoms with van der Waals surface area (Å²) in [6.45, 7) is 1.05. The third-order valence-corrected chi connectivity index (χ3v) is 2.42. The van der Waals surface area contributed by atoms with E-state index in [-0.39, 0.29) is 5.91 Å². The van der Waals surface area contributed by atoms with Crippen molar-refractivity contribution >= 4 is 11.6 Å². The van der Waals surface area contributed by atoms with E-state index >= 15 is 0 Å². The smallest absolute Gasteiger partial charge is 0.221 e. The highest BCUT2D eigenvalue weighted by Crippen LogP contribution is 2.16. The molecule has 0 aliphatic rings. The highest BCUT2D eigenvalue weighted by Gasteiger charge is 2.08. The Hall–Kier alpha value is -1.62. The Balaban J connectivity index is 2.65. The van der Waals surface area contributed by atoms with Crippen molar-refractivity contribution in [1.29, 1.82) is 0 Å². The van der Waals surface area contributed by atoms with E-state index in [1.54, 1.807) is 13.2 Å². The van der Waals surface area contributed by atoms with Gasteiger partial charge in [-0.15, -0.1) is 0 Å². The summed E-state index contributed by atoms with van der Waals surface area (Å²) in [5.41, 5.74) is 7.43. The lowest BCUT2D eigenvalue weighted by atomic mass is 10.2. The molecular weight excluding hydrogens is 204 g/mol. The van der Waals surface area contributed by atoms with E-state index in [2.05, 4.69) is 10.3 Å². The SMILES string of the molecule is CNC(=O)CCN(C)c1cccnc1CN. The highest BCUT2D eigenvalue weighted by atomic mass is 16.1. The summed E-state index contributed by atoms with van der Waals surface area (Å²) in [5.74, 6) is 0.0324. The van der Waals surface area contributed by atoms with Crippen molar-refractivity contribution in [2.45, 2.75) is 13.0 Å². The Bertz CT molecular complexity index is 354. The molecule has 5 nitrogen and oxygen atoms in total. The summed E-state index contributed by atoms with van der Waals surface area (Å²) < 4.78 is 0. The van der Waals surface area contributed by atoms with Crippen molar-refractivity contribution in [2.24, 2.45) is 5.73 Å². The maximum atomic E-state index is 11.1. The summed E-state index contributed by atoms with van der Waals surface area (Å²) in [6.07, 6.45) is 2.18. The molecule has 0 radical (unpaired) electrons. The van der Waals surface area contributed by atoms with Crippen LogP contribution >= 0.6 is 0 Å². The van der Waals surface area contributed by atoms with Gasteiger partial charge in [0.15, 0.2) is 0 Å². The maximum Gasteiger partial charge on any atom is 0.221 e. The number of carbonyl (C=O) groups excluding carboxylic acids is 1. The summed E-state index contributed by atoms with van der Waals surface area (Å²) in [6, 6.07) is 3.82. The first kappa shape index (κ1) is 12.4. The van der Waals surface area contributed by atoms with Crippen LogP contribution < -0.4 is 16.0 Å². The Morgan fingerprint density at radius 2 is 2.38 bits per heavy atom. The summed E-state index contributed by atoms with van der Waals surface area (Å²) in [7, 11) is 3.57. The molecule has 88 valence electrons. The Morgan fingerprint density at radius 1 is 1.62 bits per heavy atom. The van der Waals surface area contributed by atoms with E-state index < -0.39 is 0 Å². The monoisotopic (exact) mass is 222 g/mol. The van der Waals surface area contributed by atoms with Crippen LogP contribution in [0.25, 0.3) is 0 Å². The second-order valence-corrected chi connectivity index (χ2v) is 3.52. The van der Waals surface area contributed by atoms with Crippen LogP contribution in [-0.2, 0) is 11.3 Å². The zero-order valence-corrected chi connectivity index (χ0v) is 9.73. The lowest BCUT2D eigenvalue weighted by Crippen LogP contribution is -2.27. The van der Waals surface area contributed by atoms with Crippen LogP contribution in [0.1, 0.15) is 12.1 Å². The van der Waals surface area contributed by atoms with Crippen LogP contribution in [0.4, 0.5) is 5.69 Å². The molecular formula is C11H18N4O. The van der Waals surface area contributed by atoms with Gasteiger partial charge in [0.2, 0.25) is 5.91 Å². The number of amides is 1. The number of aromatic nitrogens is 1. The minimum absolute atomic E-state index is 0.0324. The van der Waals surface area contributed by atoms with E-state index in [4.69, 9.17) is 5.73 Å². The van der Waals surface area contributed by atoms with E-state index in [1.807, 2.05) is 24.1 Å². The van der Waals surface area contributed by atoms with E-state index in [9.17, 15) is 4.79 Å². The standard InChI is InChI=1S/C11H18N4O/c1-13-11(16)5-7-15(2)10-4-3-6-14-9(10)8-12/h3-4,6H,5,7-8,12H2,1-2H3,(H,13,16). The van der Waals surface area contributed by atoms with Crippen molar-refractivity contribution < 1.29 is 4.79 Å². The van der Waals surface area contributed by atoms with Gasteiger partial charge in [-0.05, 0) is 12.1 Å². The van der Waals surface area contributed by atoms with E-state index in [0.29, 0.717) is 19.5 Å². The van der Waals surface area contributed by atoms with Crippen LogP contribution in [0.15, 0.2) is 18.3 Å². The predicted octanol–water partition coefficient (Wildman–Crippen LogP) is 0.113. The molecule has 16 heavy (non-hydrogen) atoms. The fourth-order valence-corrected chi connectivity index (χ4v) is 1.45. The molecule has 1 aromatic rings. The minimum atomic E-state index is 0.0324. The highest BCUT2D eigenvalue weighted by molar-refractivity contribution is 5.76. The first-order valence-corrected chi connectivity index (χ1v) is 5.24. The van der Waals surface area contributed by atoms with Gasteiger partial charge in [0, 0.05) is 39.8 Å². The van der Waals surface area contributed by atoms with Crippen LogP contribution in [0.3, 0.4) is 0 Å². The molecule has 1 aromatic heterocycles. The molecule has 0 unspecified atom stereocenters. The number of rotatable bonds is 5. The molecule has 0 saturated heterocycles. The molecule has 3 N–H and O–H groups in total. The zero-order chi connectivity index (χ0) is 12.0. The summed E-state index contributed by atoms with van der Waals surface area (Å²) >= 11 is 0. The molecule has 0 fully saturated rings. The average molecular weight is 222 g/mol. The largest absolute Gasteiger partial charge is 0.373 e. The van der Waals surface area contributed by atoms with Crippen molar-refractivity contribution in [1.82, 2.24) is 10.3 Å². The lowest BCUT2D eigenvalue weighted by Gasteiger charge is -2.20. The molecule has 0 spiro atoms. The topological polar surface area (TPSA) is 71.2 Å². The van der Waals surface area contributed by atoms with E-state index in [1.165, 1.54) is 0 Å². The second-order valence-electron chi connectivity index (χ2n) is 3.52. The van der Waals surface area contributed by atoms with Gasteiger partial charge in [-0.3, -0.25) is 9.78 Å². The summed E-state index contributed by atoms with van der Waals surface area (Å²) in [4.78, 5) is 17.3. The lowest BCUT2D eigenvalue weighted by molar-refractivity contribution is -0.120. The second kappa shape index (κ2) is 6.07. The average Bonchev–Trinajstić information content (AvgIpc) is 2.35. The maximum absolute atomic E-state index is 11.1. The zero-order valence-electron chi connectivity index (χ0n) is 9.73. The van der Waals surface area contributed by atoms with Crippen LogP contribution in [0.2, 0.25) is 0 Å². The quantitative estimate of drug-likeness (QED) is 0.742. The van der Waals surface area contributed by atoms with Gasteiger partial charge >= 0.3 is 0 Å². The number of anilines is 1. The number of nitrogens with one attached hydrogen (secondary N) is 1.